The van der Waals surface area contributed by atoms with E-state index in [1.807, 2.05) is 32.4 Å². The smallest absolute Gasteiger partial charge is 0.291 e. The molecule has 29 heavy (non-hydrogen) atoms. The fraction of sp³-hybridized carbons (Fsp3) is 0.500. The van der Waals surface area contributed by atoms with E-state index in [9.17, 15) is 22.7 Å². The number of hydrogen-bond acceptors (Lipinski definition) is 6. The fourth-order valence-corrected chi connectivity index (χ4v) is 5.10. The van der Waals surface area contributed by atoms with Crippen LogP contribution in [0.5, 0.6) is 0 Å². The molecule has 1 amide bonds. The van der Waals surface area contributed by atoms with E-state index in [-0.39, 0.29) is 28.4 Å². The van der Waals surface area contributed by atoms with Crippen LogP contribution in [0.25, 0.3) is 0 Å². The first-order valence-electron chi connectivity index (χ1n) is 9.29. The van der Waals surface area contributed by atoms with Gasteiger partial charge in [0, 0.05) is 6.20 Å². The zero-order valence-electron chi connectivity index (χ0n) is 17.4. The molecule has 1 aromatic carbocycles. The standard InChI is InChI=1S/C20H27FN2O4S2/c1-11(2)14-7-13(21)8-15(12(3)4)16(14)9-18(24)23-29(26,27)19-22-10-17(28-19)20(5,6)25/h7-8,10-12,25H,9H2,1-6H3,(H,23,24). The van der Waals surface area contributed by atoms with Crippen molar-refractivity contribution in [3.05, 3.63) is 45.7 Å². The third kappa shape index (κ3) is 5.61. The summed E-state index contributed by atoms with van der Waals surface area (Å²) in [5.41, 5.74) is 0.766. The van der Waals surface area contributed by atoms with Gasteiger partial charge < -0.3 is 5.11 Å². The number of carbonyl (C=O) groups excluding carboxylic acids is 1. The monoisotopic (exact) mass is 442 g/mol. The normalized spacial score (nSPS) is 12.6. The van der Waals surface area contributed by atoms with Gasteiger partial charge in [-0.2, -0.15) is 8.42 Å². The van der Waals surface area contributed by atoms with Crippen LogP contribution in [0.3, 0.4) is 0 Å². The Morgan fingerprint density at radius 2 is 1.72 bits per heavy atom. The van der Waals surface area contributed by atoms with E-state index < -0.39 is 21.5 Å². The minimum absolute atomic E-state index is 0.0316. The number of carbonyl (C=O) groups is 1. The van der Waals surface area contributed by atoms with Crippen molar-refractivity contribution in [2.75, 3.05) is 0 Å². The molecule has 0 radical (unpaired) electrons. The maximum absolute atomic E-state index is 14.0. The highest BCUT2D eigenvalue weighted by molar-refractivity contribution is 7.92. The summed E-state index contributed by atoms with van der Waals surface area (Å²) >= 11 is 0.800. The molecular weight excluding hydrogens is 415 g/mol. The van der Waals surface area contributed by atoms with Crippen LogP contribution < -0.4 is 4.72 Å². The van der Waals surface area contributed by atoms with E-state index in [0.29, 0.717) is 21.6 Å². The maximum Gasteiger partial charge on any atom is 0.291 e. The number of rotatable bonds is 7. The number of aromatic nitrogens is 1. The second-order valence-electron chi connectivity index (χ2n) is 8.13. The molecule has 0 saturated heterocycles. The van der Waals surface area contributed by atoms with Crippen LogP contribution in [0.4, 0.5) is 4.39 Å². The van der Waals surface area contributed by atoms with Crippen LogP contribution in [-0.2, 0) is 26.8 Å². The Morgan fingerprint density at radius 3 is 2.14 bits per heavy atom. The minimum atomic E-state index is -4.17. The lowest BCUT2D eigenvalue weighted by Gasteiger charge is -2.19. The van der Waals surface area contributed by atoms with Crippen molar-refractivity contribution in [2.45, 2.75) is 69.7 Å². The van der Waals surface area contributed by atoms with Gasteiger partial charge in [-0.05, 0) is 54.5 Å². The Labute approximate surface area is 175 Å². The van der Waals surface area contributed by atoms with Gasteiger partial charge in [0.15, 0.2) is 0 Å². The molecule has 0 unspecified atom stereocenters. The van der Waals surface area contributed by atoms with Crippen LogP contribution in [0, 0.1) is 5.82 Å². The van der Waals surface area contributed by atoms with Gasteiger partial charge in [-0.15, -0.1) is 11.3 Å². The predicted octanol–water partition coefficient (Wildman–Crippen LogP) is 3.80. The molecule has 2 rings (SSSR count). The van der Waals surface area contributed by atoms with Gasteiger partial charge in [0.1, 0.15) is 5.82 Å². The lowest BCUT2D eigenvalue weighted by Crippen LogP contribution is -2.32. The summed E-state index contributed by atoms with van der Waals surface area (Å²) < 4.78 is 40.9. The summed E-state index contributed by atoms with van der Waals surface area (Å²) in [5, 5.41) is 9.99. The molecule has 0 saturated carbocycles. The van der Waals surface area contributed by atoms with Crippen molar-refractivity contribution < 1.29 is 22.7 Å². The molecule has 160 valence electrons. The average molecular weight is 443 g/mol. The number of aliphatic hydroxyl groups is 1. The molecule has 0 atom stereocenters. The molecule has 9 heteroatoms. The van der Waals surface area contributed by atoms with Gasteiger partial charge in [0.25, 0.3) is 10.0 Å². The molecule has 0 aliphatic rings. The van der Waals surface area contributed by atoms with E-state index in [1.165, 1.54) is 32.2 Å². The first kappa shape index (κ1) is 23.4. The summed E-state index contributed by atoms with van der Waals surface area (Å²) in [7, 11) is -4.17. The molecule has 1 heterocycles. The van der Waals surface area contributed by atoms with Crippen molar-refractivity contribution in [1.82, 2.24) is 9.71 Å². The van der Waals surface area contributed by atoms with Gasteiger partial charge in [-0.1, -0.05) is 27.7 Å². The van der Waals surface area contributed by atoms with Gasteiger partial charge in [-0.3, -0.25) is 4.79 Å². The number of benzene rings is 1. The van der Waals surface area contributed by atoms with Gasteiger partial charge in [0.2, 0.25) is 10.2 Å². The number of halogens is 1. The highest BCUT2D eigenvalue weighted by Crippen LogP contribution is 2.30. The van der Waals surface area contributed by atoms with E-state index in [2.05, 4.69) is 4.98 Å². The Kier molecular flexibility index (Phi) is 6.86. The van der Waals surface area contributed by atoms with Crippen LogP contribution in [-0.4, -0.2) is 24.4 Å². The third-order valence-electron chi connectivity index (χ3n) is 4.43. The lowest BCUT2D eigenvalue weighted by atomic mass is 9.87. The fourth-order valence-electron chi connectivity index (χ4n) is 2.97. The van der Waals surface area contributed by atoms with Gasteiger partial charge in [0.05, 0.1) is 16.9 Å². The van der Waals surface area contributed by atoms with E-state index >= 15 is 0 Å². The van der Waals surface area contributed by atoms with E-state index in [1.54, 1.807) is 0 Å². The topological polar surface area (TPSA) is 96.4 Å². The number of sulfonamides is 1. The van der Waals surface area contributed by atoms with Gasteiger partial charge in [-0.25, -0.2) is 14.1 Å². The van der Waals surface area contributed by atoms with Crippen LogP contribution in [0.2, 0.25) is 0 Å². The summed E-state index contributed by atoms with van der Waals surface area (Å²) in [5.74, 6) is -1.16. The first-order chi connectivity index (χ1) is 13.2. The molecule has 2 N–H and O–H groups in total. The lowest BCUT2D eigenvalue weighted by molar-refractivity contribution is -0.118. The molecule has 0 aliphatic carbocycles. The molecule has 0 fully saturated rings. The number of thiazole rings is 1. The third-order valence-corrected chi connectivity index (χ3v) is 7.51. The van der Waals surface area contributed by atoms with E-state index in [4.69, 9.17) is 0 Å². The summed E-state index contributed by atoms with van der Waals surface area (Å²) in [6.45, 7) is 10.6. The second-order valence-corrected chi connectivity index (χ2v) is 11.0. The average Bonchev–Trinajstić information content (AvgIpc) is 3.06. The van der Waals surface area contributed by atoms with Crippen LogP contribution >= 0.6 is 11.3 Å². The number of amides is 1. The number of hydrogen-bond donors (Lipinski definition) is 2. The quantitative estimate of drug-likeness (QED) is 0.680. The largest absolute Gasteiger partial charge is 0.385 e. The Morgan fingerprint density at radius 1 is 1.21 bits per heavy atom. The number of nitrogens with zero attached hydrogens (tertiary/aromatic N) is 1. The van der Waals surface area contributed by atoms with Crippen molar-refractivity contribution in [1.29, 1.82) is 0 Å². The van der Waals surface area contributed by atoms with Crippen molar-refractivity contribution >= 4 is 27.3 Å². The SMILES string of the molecule is CC(C)c1cc(F)cc(C(C)C)c1CC(=O)NS(=O)(=O)c1ncc(C(C)(C)O)s1. The minimum Gasteiger partial charge on any atom is -0.385 e. The van der Waals surface area contributed by atoms with Crippen molar-refractivity contribution in [2.24, 2.45) is 0 Å². The molecule has 2 aromatic rings. The molecule has 0 spiro atoms. The highest BCUT2D eigenvalue weighted by atomic mass is 32.2. The Hall–Kier alpha value is -1.84. The highest BCUT2D eigenvalue weighted by Gasteiger charge is 2.27. The Balaban J connectivity index is 2.32. The van der Waals surface area contributed by atoms with E-state index in [0.717, 1.165) is 11.3 Å². The molecule has 1 aromatic heterocycles. The zero-order valence-corrected chi connectivity index (χ0v) is 19.0. The summed E-state index contributed by atoms with van der Waals surface area (Å²) in [6, 6.07) is 2.79. The van der Waals surface area contributed by atoms with Gasteiger partial charge >= 0.3 is 0 Å². The summed E-state index contributed by atoms with van der Waals surface area (Å²) in [4.78, 5) is 16.8. The second kappa shape index (κ2) is 8.49. The van der Waals surface area contributed by atoms with Crippen molar-refractivity contribution in [3.63, 3.8) is 0 Å². The maximum atomic E-state index is 14.0. The summed E-state index contributed by atoms with van der Waals surface area (Å²) in [6.07, 6.45) is 1.08. The zero-order chi connectivity index (χ0) is 22.1. The van der Waals surface area contributed by atoms with Crippen LogP contribution in [0.1, 0.15) is 74.9 Å². The first-order valence-corrected chi connectivity index (χ1v) is 11.6. The molecular formula is C20H27FN2O4S2. The molecule has 0 bridgehead atoms. The Bertz CT molecular complexity index is 977. The molecule has 6 nitrogen and oxygen atoms in total. The predicted molar refractivity (Wildman–Crippen MR) is 111 cm³/mol. The number of nitrogens with one attached hydrogen (secondary N) is 1. The van der Waals surface area contributed by atoms with Crippen LogP contribution in [0.15, 0.2) is 22.7 Å². The van der Waals surface area contributed by atoms with Crippen molar-refractivity contribution in [3.8, 4) is 0 Å². The molecule has 0 aliphatic heterocycles.